The number of carbonyl (C=O) groups excluding carboxylic acids is 1. The van der Waals surface area contributed by atoms with Crippen LogP contribution in [0.5, 0.6) is 6.01 Å². The molecule has 0 aliphatic carbocycles. The zero-order valence-electron chi connectivity index (χ0n) is 27.8. The first kappa shape index (κ1) is 31.9. The molecule has 4 aromatic rings. The van der Waals surface area contributed by atoms with Gasteiger partial charge >= 0.3 is 12.1 Å². The first-order valence-corrected chi connectivity index (χ1v) is 16.9. The van der Waals surface area contributed by atoms with Crippen LogP contribution in [-0.4, -0.2) is 89.2 Å². The highest BCUT2D eigenvalue weighted by molar-refractivity contribution is 5.88. The lowest BCUT2D eigenvalue weighted by Gasteiger charge is -2.39. The number of hydrogen-bond donors (Lipinski definition) is 0. The number of ether oxygens (including phenoxy) is 2. The summed E-state index contributed by atoms with van der Waals surface area (Å²) in [5.41, 5.74) is 5.59. The Bertz CT molecular complexity index is 1800. The van der Waals surface area contributed by atoms with Crippen LogP contribution in [0.2, 0.25) is 0 Å². The van der Waals surface area contributed by atoms with E-state index >= 15 is 0 Å². The minimum Gasteiger partial charge on any atom is -0.462 e. The van der Waals surface area contributed by atoms with Crippen LogP contribution in [-0.2, 0) is 31.0 Å². The first-order chi connectivity index (χ1) is 23.5. The standard InChI is InChI=1S/C38H43N7O3/c1-27-10-7-13-29-14-8-15-30(35(27)29)21-43-23-33-34(24-43)40-37(47-26-31-16-9-17-42(31)3)41-36(33)44-18-19-45(32(22-44)20-39-2)38(46)48-25-28-11-5-4-6-12-28/h4-8,10-15,31-32H,9,16-26H2,1,3H3/t31-,32-/m0/s1. The smallest absolute Gasteiger partial charge is 0.410 e. The molecule has 1 amide bonds. The summed E-state index contributed by atoms with van der Waals surface area (Å²) in [6.45, 7) is 15.6. The number of amides is 1. The van der Waals surface area contributed by atoms with E-state index in [-0.39, 0.29) is 25.3 Å². The highest BCUT2D eigenvalue weighted by Gasteiger charge is 2.37. The lowest BCUT2D eigenvalue weighted by atomic mass is 10.00. The monoisotopic (exact) mass is 645 g/mol. The van der Waals surface area contributed by atoms with Crippen molar-refractivity contribution < 1.29 is 14.3 Å². The molecule has 0 saturated carbocycles. The highest BCUT2D eigenvalue weighted by Crippen LogP contribution is 2.34. The zero-order chi connectivity index (χ0) is 33.0. The Morgan fingerprint density at radius 3 is 2.60 bits per heavy atom. The Morgan fingerprint density at radius 2 is 1.81 bits per heavy atom. The fraction of sp³-hybridized carbons (Fsp3) is 0.421. The fourth-order valence-corrected chi connectivity index (χ4v) is 7.42. The van der Waals surface area contributed by atoms with Crippen LogP contribution in [0.15, 0.2) is 66.7 Å². The largest absolute Gasteiger partial charge is 0.462 e. The summed E-state index contributed by atoms with van der Waals surface area (Å²) in [6.07, 6.45) is 1.89. The summed E-state index contributed by atoms with van der Waals surface area (Å²) in [5, 5.41) is 2.56. The van der Waals surface area contributed by atoms with Crippen molar-refractivity contribution in [2.45, 2.75) is 58.1 Å². The molecule has 0 N–H and O–H groups in total. The molecule has 0 bridgehead atoms. The molecule has 7 rings (SSSR count). The second-order valence-corrected chi connectivity index (χ2v) is 13.3. The van der Waals surface area contributed by atoms with Crippen LogP contribution in [0.3, 0.4) is 0 Å². The number of aryl methyl sites for hydroxylation is 1. The van der Waals surface area contributed by atoms with E-state index in [9.17, 15) is 4.79 Å². The average molecular weight is 646 g/mol. The maximum absolute atomic E-state index is 13.2. The minimum absolute atomic E-state index is 0.189. The molecule has 1 aromatic heterocycles. The van der Waals surface area contributed by atoms with Crippen molar-refractivity contribution in [1.82, 2.24) is 24.7 Å². The van der Waals surface area contributed by atoms with Gasteiger partial charge in [-0.25, -0.2) is 11.4 Å². The minimum atomic E-state index is -0.388. The summed E-state index contributed by atoms with van der Waals surface area (Å²) >= 11 is 0. The second kappa shape index (κ2) is 14.2. The maximum Gasteiger partial charge on any atom is 0.410 e. The SMILES string of the molecule is [C-]#[N+]C[C@H]1CN(c2nc(OC[C@@H]3CCCN3C)nc3c2CN(Cc2cccc4cccc(C)c24)C3)CCN1C(=O)OCc1ccccc1. The third-order valence-electron chi connectivity index (χ3n) is 10.00. The number of aromatic nitrogens is 2. The summed E-state index contributed by atoms with van der Waals surface area (Å²) in [6, 6.07) is 23.1. The Morgan fingerprint density at radius 1 is 0.979 bits per heavy atom. The van der Waals surface area contributed by atoms with E-state index in [4.69, 9.17) is 26.0 Å². The van der Waals surface area contributed by atoms with Gasteiger partial charge in [0, 0.05) is 50.9 Å². The molecule has 2 saturated heterocycles. The Labute approximate surface area is 282 Å². The number of rotatable bonds is 9. The predicted molar refractivity (Wildman–Crippen MR) is 186 cm³/mol. The molecule has 10 nitrogen and oxygen atoms in total. The maximum atomic E-state index is 13.2. The Hall–Kier alpha value is -4.72. The van der Waals surface area contributed by atoms with Crippen molar-refractivity contribution >= 4 is 22.7 Å². The second-order valence-electron chi connectivity index (χ2n) is 13.3. The van der Waals surface area contributed by atoms with Crippen molar-refractivity contribution in [2.75, 3.05) is 51.3 Å². The third kappa shape index (κ3) is 6.80. The number of hydrogen-bond acceptors (Lipinski definition) is 8. The van der Waals surface area contributed by atoms with Gasteiger partial charge in [-0.15, -0.1) is 0 Å². The van der Waals surface area contributed by atoms with Gasteiger partial charge in [-0.3, -0.25) is 9.80 Å². The number of benzene rings is 3. The van der Waals surface area contributed by atoms with E-state index in [0.29, 0.717) is 51.4 Å². The molecule has 248 valence electrons. The van der Waals surface area contributed by atoms with Crippen LogP contribution in [0.1, 0.15) is 40.8 Å². The molecule has 0 spiro atoms. The third-order valence-corrected chi connectivity index (χ3v) is 10.00. The first-order valence-electron chi connectivity index (χ1n) is 16.9. The lowest BCUT2D eigenvalue weighted by molar-refractivity contribution is 0.0788. The molecular weight excluding hydrogens is 602 g/mol. The molecule has 0 unspecified atom stereocenters. The number of anilines is 1. The normalized spacial score (nSPS) is 19.8. The summed E-state index contributed by atoms with van der Waals surface area (Å²) in [5.74, 6) is 0.846. The highest BCUT2D eigenvalue weighted by atomic mass is 16.6. The van der Waals surface area contributed by atoms with Gasteiger partial charge in [-0.05, 0) is 60.8 Å². The molecule has 0 radical (unpaired) electrons. The molecule has 48 heavy (non-hydrogen) atoms. The van der Waals surface area contributed by atoms with Gasteiger partial charge in [0.05, 0.1) is 5.69 Å². The van der Waals surface area contributed by atoms with Gasteiger partial charge in [0.1, 0.15) is 25.1 Å². The Kier molecular flexibility index (Phi) is 9.41. The summed E-state index contributed by atoms with van der Waals surface area (Å²) < 4.78 is 12.0. The van der Waals surface area contributed by atoms with Crippen molar-refractivity contribution in [3.05, 3.63) is 106 Å². The predicted octanol–water partition coefficient (Wildman–Crippen LogP) is 5.67. The fourth-order valence-electron chi connectivity index (χ4n) is 7.42. The quantitative estimate of drug-likeness (QED) is 0.216. The molecule has 2 fully saturated rings. The molecule has 3 aliphatic rings. The number of likely N-dealkylation sites (tertiary alicyclic amines) is 1. The van der Waals surface area contributed by atoms with Crippen molar-refractivity contribution in [1.29, 1.82) is 0 Å². The van der Waals surface area contributed by atoms with Crippen LogP contribution >= 0.6 is 0 Å². The summed E-state index contributed by atoms with van der Waals surface area (Å²) in [7, 11) is 2.14. The molecular formula is C38H43N7O3. The van der Waals surface area contributed by atoms with Crippen LogP contribution in [0, 0.1) is 13.5 Å². The molecule has 10 heteroatoms. The van der Waals surface area contributed by atoms with E-state index in [1.807, 2.05) is 30.3 Å². The van der Waals surface area contributed by atoms with Gasteiger partial charge in [0.25, 0.3) is 0 Å². The summed E-state index contributed by atoms with van der Waals surface area (Å²) in [4.78, 5) is 35.6. The van der Waals surface area contributed by atoms with Crippen molar-refractivity contribution in [3.63, 3.8) is 0 Å². The number of carbonyl (C=O) groups is 1. The van der Waals surface area contributed by atoms with E-state index in [0.717, 1.165) is 42.1 Å². The van der Waals surface area contributed by atoms with Gasteiger partial charge < -0.3 is 24.1 Å². The average Bonchev–Trinajstić information content (AvgIpc) is 3.71. The number of nitrogens with zero attached hydrogens (tertiary/aromatic N) is 7. The van der Waals surface area contributed by atoms with E-state index in [1.54, 1.807) is 4.90 Å². The van der Waals surface area contributed by atoms with Gasteiger partial charge in [0.2, 0.25) is 6.54 Å². The van der Waals surface area contributed by atoms with Crippen LogP contribution in [0.4, 0.5) is 10.6 Å². The van der Waals surface area contributed by atoms with Gasteiger partial charge in [-0.2, -0.15) is 9.97 Å². The van der Waals surface area contributed by atoms with Gasteiger partial charge in [0.15, 0.2) is 0 Å². The number of piperazine rings is 1. The van der Waals surface area contributed by atoms with Crippen molar-refractivity contribution in [3.8, 4) is 6.01 Å². The Balaban J connectivity index is 1.13. The van der Waals surface area contributed by atoms with E-state index < -0.39 is 0 Å². The van der Waals surface area contributed by atoms with Crippen LogP contribution < -0.4 is 9.64 Å². The zero-order valence-corrected chi connectivity index (χ0v) is 27.8. The van der Waals surface area contributed by atoms with Crippen molar-refractivity contribution in [2.24, 2.45) is 0 Å². The molecule has 2 atom stereocenters. The molecule has 3 aliphatic heterocycles. The molecule has 4 heterocycles. The van der Waals surface area contributed by atoms with Crippen LogP contribution in [0.25, 0.3) is 15.6 Å². The number of fused-ring (bicyclic) bond motifs is 2. The topological polar surface area (TPSA) is 78.6 Å². The van der Waals surface area contributed by atoms with E-state index in [1.165, 1.54) is 28.3 Å². The number of likely N-dealkylation sites (N-methyl/N-ethyl adjacent to an activating group) is 1. The molecule has 3 aromatic carbocycles. The van der Waals surface area contributed by atoms with Gasteiger partial charge in [-0.1, -0.05) is 66.7 Å². The van der Waals surface area contributed by atoms with E-state index in [2.05, 4.69) is 69.9 Å². The lowest BCUT2D eigenvalue weighted by Crippen LogP contribution is -2.56.